The van der Waals surface area contributed by atoms with Gasteiger partial charge in [-0.05, 0) is 97.6 Å². The molecule has 0 amide bonds. The van der Waals surface area contributed by atoms with Crippen LogP contribution in [-0.4, -0.2) is 43.1 Å². The Balaban J connectivity index is 1.28. The zero-order valence-corrected chi connectivity index (χ0v) is 21.1. The lowest BCUT2D eigenvalue weighted by Crippen LogP contribution is -2.18. The van der Waals surface area contributed by atoms with Gasteiger partial charge in [0.1, 0.15) is 17.0 Å². The van der Waals surface area contributed by atoms with Gasteiger partial charge >= 0.3 is 0 Å². The van der Waals surface area contributed by atoms with E-state index in [0.29, 0.717) is 0 Å². The first-order valence-corrected chi connectivity index (χ1v) is 13.0. The van der Waals surface area contributed by atoms with E-state index >= 15 is 0 Å². The lowest BCUT2D eigenvalue weighted by Gasteiger charge is -2.14. The number of halogens is 1. The predicted molar refractivity (Wildman–Crippen MR) is 149 cm³/mol. The Labute approximate surface area is 219 Å². The van der Waals surface area contributed by atoms with Gasteiger partial charge < -0.3 is 4.98 Å². The fourth-order valence-corrected chi connectivity index (χ4v) is 5.59. The maximum absolute atomic E-state index is 14.2. The summed E-state index contributed by atoms with van der Waals surface area (Å²) in [4.78, 5) is 15.5. The summed E-state index contributed by atoms with van der Waals surface area (Å²) in [6.45, 7) is 5.13. The molecule has 7 rings (SSSR count). The molecular formula is C31H27FN6. The summed E-state index contributed by atoms with van der Waals surface area (Å²) in [6, 6.07) is 19.5. The summed E-state index contributed by atoms with van der Waals surface area (Å²) in [5.74, 6) is -0.234. The molecule has 0 atom stereocenters. The first-order chi connectivity index (χ1) is 18.6. The van der Waals surface area contributed by atoms with Gasteiger partial charge in [-0.1, -0.05) is 18.2 Å². The van der Waals surface area contributed by atoms with E-state index in [1.54, 1.807) is 12.1 Å². The second-order valence-electron chi connectivity index (χ2n) is 10.2. The third-order valence-corrected chi connectivity index (χ3v) is 7.38. The molecular weight excluding hydrogens is 475 g/mol. The number of likely N-dealkylation sites (tertiary alicyclic amines) is 1. The first-order valence-electron chi connectivity index (χ1n) is 13.0. The van der Waals surface area contributed by atoms with E-state index in [1.807, 2.05) is 55.7 Å². The van der Waals surface area contributed by atoms with E-state index in [4.69, 9.17) is 4.98 Å². The fraction of sp³-hybridized carbons (Fsp3) is 0.194. The molecule has 1 fully saturated rings. The number of benzene rings is 2. The summed E-state index contributed by atoms with van der Waals surface area (Å²) in [5.41, 5.74) is 10.0. The molecule has 2 aromatic carbocycles. The van der Waals surface area contributed by atoms with Crippen molar-refractivity contribution >= 4 is 21.9 Å². The normalized spacial score (nSPS) is 14.2. The van der Waals surface area contributed by atoms with Crippen LogP contribution in [0.3, 0.4) is 0 Å². The average Bonchev–Trinajstić information content (AvgIpc) is 3.67. The smallest absolute Gasteiger partial charge is 0.135 e. The molecule has 6 nitrogen and oxygen atoms in total. The summed E-state index contributed by atoms with van der Waals surface area (Å²) >= 11 is 0. The molecule has 1 aliphatic heterocycles. The Morgan fingerprint density at radius 3 is 2.68 bits per heavy atom. The second-order valence-corrected chi connectivity index (χ2v) is 10.2. The van der Waals surface area contributed by atoms with Crippen LogP contribution in [-0.2, 0) is 6.54 Å². The minimum Gasteiger partial charge on any atom is -0.353 e. The topological polar surface area (TPSA) is 73.5 Å². The van der Waals surface area contributed by atoms with Gasteiger partial charge in [0.2, 0.25) is 0 Å². The van der Waals surface area contributed by atoms with Crippen molar-refractivity contribution in [2.45, 2.75) is 26.3 Å². The molecule has 4 aromatic heterocycles. The molecule has 188 valence electrons. The van der Waals surface area contributed by atoms with E-state index in [2.05, 4.69) is 37.2 Å². The molecule has 1 saturated heterocycles. The van der Waals surface area contributed by atoms with Crippen molar-refractivity contribution in [2.75, 3.05) is 13.1 Å². The van der Waals surface area contributed by atoms with Gasteiger partial charge in [0.25, 0.3) is 0 Å². The zero-order chi connectivity index (χ0) is 25.6. The Morgan fingerprint density at radius 1 is 0.921 bits per heavy atom. The maximum atomic E-state index is 14.2. The summed E-state index contributed by atoms with van der Waals surface area (Å²) < 4.78 is 14.2. The molecule has 2 N–H and O–H groups in total. The molecule has 0 saturated carbocycles. The maximum Gasteiger partial charge on any atom is 0.135 e. The van der Waals surface area contributed by atoms with Gasteiger partial charge in [-0.3, -0.25) is 15.0 Å². The quantitative estimate of drug-likeness (QED) is 0.270. The number of rotatable bonds is 5. The first kappa shape index (κ1) is 22.8. The number of hydrogen-bond acceptors (Lipinski definition) is 4. The lowest BCUT2D eigenvalue weighted by atomic mass is 10.00. The number of pyridine rings is 2. The van der Waals surface area contributed by atoms with Crippen LogP contribution < -0.4 is 0 Å². The van der Waals surface area contributed by atoms with Crippen LogP contribution in [0, 0.1) is 12.7 Å². The Kier molecular flexibility index (Phi) is 5.51. The molecule has 7 heteroatoms. The van der Waals surface area contributed by atoms with Crippen LogP contribution in [0.5, 0.6) is 0 Å². The third kappa shape index (κ3) is 4.15. The van der Waals surface area contributed by atoms with Crippen molar-refractivity contribution in [1.82, 2.24) is 30.0 Å². The Hall–Kier alpha value is -4.36. The SMILES string of the molecule is Cc1cc(F)cc(-c2cccc3[nH]c(-c4n[nH]c5ccc(-c6cncc(CN7CCCC7)c6)nc45)cc23)c1. The van der Waals surface area contributed by atoms with Gasteiger partial charge in [0.05, 0.1) is 16.9 Å². The van der Waals surface area contributed by atoms with E-state index in [0.717, 1.165) is 80.9 Å². The minimum atomic E-state index is -0.234. The van der Waals surface area contributed by atoms with Gasteiger partial charge in [-0.15, -0.1) is 0 Å². The standard InChI is InChI=1S/C31H27FN6/c1-19-11-21(14-23(32)12-19)24-5-4-6-27-25(24)15-29(34-27)31-30-28(36-37-31)8-7-26(35-30)22-13-20(16-33-17-22)18-38-9-2-3-10-38/h4-8,11-17,34H,2-3,9-10,18H2,1H3,(H,36,37). The number of aryl methyl sites for hydroxylation is 1. The third-order valence-electron chi connectivity index (χ3n) is 7.38. The monoisotopic (exact) mass is 502 g/mol. The molecule has 1 aliphatic rings. The molecule has 0 spiro atoms. The van der Waals surface area contributed by atoms with Crippen LogP contribution in [0.1, 0.15) is 24.0 Å². The highest BCUT2D eigenvalue weighted by Gasteiger charge is 2.17. The van der Waals surface area contributed by atoms with Gasteiger partial charge in [0.15, 0.2) is 0 Å². The van der Waals surface area contributed by atoms with E-state index in [-0.39, 0.29) is 5.82 Å². The van der Waals surface area contributed by atoms with Crippen molar-refractivity contribution in [1.29, 1.82) is 0 Å². The fourth-order valence-electron chi connectivity index (χ4n) is 5.59. The van der Waals surface area contributed by atoms with Crippen LogP contribution >= 0.6 is 0 Å². The number of nitrogens with zero attached hydrogens (tertiary/aromatic N) is 4. The Bertz CT molecular complexity index is 1770. The van der Waals surface area contributed by atoms with Crippen molar-refractivity contribution < 1.29 is 4.39 Å². The van der Waals surface area contributed by atoms with Crippen LogP contribution in [0.4, 0.5) is 4.39 Å². The number of H-pyrrole nitrogens is 2. The Morgan fingerprint density at radius 2 is 1.82 bits per heavy atom. The van der Waals surface area contributed by atoms with Crippen molar-refractivity contribution in [3.63, 3.8) is 0 Å². The van der Waals surface area contributed by atoms with E-state index in [9.17, 15) is 4.39 Å². The van der Waals surface area contributed by atoms with Gasteiger partial charge in [-0.25, -0.2) is 9.37 Å². The van der Waals surface area contributed by atoms with Crippen molar-refractivity contribution in [3.05, 3.63) is 90.0 Å². The molecule has 38 heavy (non-hydrogen) atoms. The lowest BCUT2D eigenvalue weighted by molar-refractivity contribution is 0.331. The molecule has 0 bridgehead atoms. The number of fused-ring (bicyclic) bond motifs is 2. The van der Waals surface area contributed by atoms with E-state index < -0.39 is 0 Å². The molecule has 5 heterocycles. The van der Waals surface area contributed by atoms with Gasteiger partial charge in [-0.2, -0.15) is 5.10 Å². The predicted octanol–water partition coefficient (Wildman–Crippen LogP) is 6.88. The second kappa shape index (κ2) is 9.19. The number of aromatic nitrogens is 5. The van der Waals surface area contributed by atoms with Crippen LogP contribution in [0.25, 0.3) is 55.7 Å². The highest BCUT2D eigenvalue weighted by atomic mass is 19.1. The summed E-state index contributed by atoms with van der Waals surface area (Å²) in [5, 5.41) is 8.75. The van der Waals surface area contributed by atoms with Crippen molar-refractivity contribution in [2.24, 2.45) is 0 Å². The largest absolute Gasteiger partial charge is 0.353 e. The number of hydrogen-bond donors (Lipinski definition) is 2. The van der Waals surface area contributed by atoms with Crippen molar-refractivity contribution in [3.8, 4) is 33.8 Å². The minimum absolute atomic E-state index is 0.234. The summed E-state index contributed by atoms with van der Waals surface area (Å²) in [7, 11) is 0. The molecule has 0 aliphatic carbocycles. The van der Waals surface area contributed by atoms with Gasteiger partial charge in [0, 0.05) is 35.4 Å². The number of nitrogens with one attached hydrogen (secondary N) is 2. The highest BCUT2D eigenvalue weighted by Crippen LogP contribution is 2.35. The number of aromatic amines is 2. The average molecular weight is 503 g/mol. The molecule has 0 radical (unpaired) electrons. The van der Waals surface area contributed by atoms with E-state index in [1.165, 1.54) is 18.4 Å². The van der Waals surface area contributed by atoms with Crippen LogP contribution in [0.2, 0.25) is 0 Å². The molecule has 6 aromatic rings. The summed E-state index contributed by atoms with van der Waals surface area (Å²) in [6.07, 6.45) is 6.36. The highest BCUT2D eigenvalue weighted by molar-refractivity contribution is 6.00. The molecule has 0 unspecified atom stereocenters. The zero-order valence-electron chi connectivity index (χ0n) is 21.1. The van der Waals surface area contributed by atoms with Crippen LogP contribution in [0.15, 0.2) is 73.1 Å².